The highest BCUT2D eigenvalue weighted by atomic mass is 32.1. The third-order valence-corrected chi connectivity index (χ3v) is 6.28. The number of halogens is 3. The van der Waals surface area contributed by atoms with E-state index in [1.165, 1.54) is 4.88 Å². The van der Waals surface area contributed by atoms with Crippen LogP contribution in [0.25, 0.3) is 0 Å². The van der Waals surface area contributed by atoms with Crippen LogP contribution in [0.4, 0.5) is 19.1 Å². The Hall–Kier alpha value is -2.60. The SMILES string of the molecule is Cc1nc(C)c(CN2CCCC3(C2)CN(c2ncccn2)C3=O)s1.O=C(O)C(F)(F)F. The normalized spacial score (nSPS) is 21.5. The number of nitrogens with zero attached hydrogens (tertiary/aromatic N) is 5. The third kappa shape index (κ3) is 5.18. The predicted octanol–water partition coefficient (Wildman–Crippen LogP) is 2.81. The average molecular weight is 457 g/mol. The zero-order valence-corrected chi connectivity index (χ0v) is 17.8. The number of rotatable bonds is 3. The summed E-state index contributed by atoms with van der Waals surface area (Å²) in [5.41, 5.74) is 0.877. The van der Waals surface area contributed by atoms with Crippen LogP contribution in [-0.2, 0) is 16.1 Å². The largest absolute Gasteiger partial charge is 0.490 e. The molecule has 12 heteroatoms. The van der Waals surface area contributed by atoms with Crippen LogP contribution in [0, 0.1) is 19.3 Å². The Balaban J connectivity index is 0.000000339. The second-order valence-corrected chi connectivity index (χ2v) is 8.87. The standard InChI is InChI=1S/C17H21N5OS.C2HF3O2/c1-12-14(24-13(2)20-12)9-21-8-3-5-17(10-21)11-22(15(17)23)16-18-6-4-7-19-16;3-2(4,5)1(6)7/h4,6-7H,3,5,8-11H2,1-2H3;(H,6,7). The smallest absolute Gasteiger partial charge is 0.475 e. The molecule has 2 aromatic rings. The molecule has 1 spiro atoms. The minimum absolute atomic E-state index is 0.176. The van der Waals surface area contributed by atoms with Gasteiger partial charge in [-0.25, -0.2) is 19.7 Å². The molecule has 31 heavy (non-hydrogen) atoms. The first-order valence-corrected chi connectivity index (χ1v) is 10.4. The Kier molecular flexibility index (Phi) is 6.60. The van der Waals surface area contributed by atoms with Gasteiger partial charge in [-0.1, -0.05) is 0 Å². The van der Waals surface area contributed by atoms with Gasteiger partial charge < -0.3 is 5.11 Å². The minimum Gasteiger partial charge on any atom is -0.475 e. The molecule has 1 unspecified atom stereocenters. The number of carbonyl (C=O) groups excluding carboxylic acids is 1. The molecule has 2 aliphatic heterocycles. The lowest BCUT2D eigenvalue weighted by Gasteiger charge is -2.52. The van der Waals surface area contributed by atoms with E-state index in [0.717, 1.165) is 49.7 Å². The van der Waals surface area contributed by atoms with Gasteiger partial charge in [-0.2, -0.15) is 13.2 Å². The van der Waals surface area contributed by atoms with Crippen LogP contribution >= 0.6 is 11.3 Å². The van der Waals surface area contributed by atoms with E-state index < -0.39 is 12.1 Å². The Labute approximate surface area is 180 Å². The Morgan fingerprint density at radius 1 is 1.26 bits per heavy atom. The highest BCUT2D eigenvalue weighted by Gasteiger charge is 2.55. The number of hydrogen-bond acceptors (Lipinski definition) is 7. The molecule has 4 heterocycles. The van der Waals surface area contributed by atoms with Crippen molar-refractivity contribution in [1.82, 2.24) is 19.9 Å². The van der Waals surface area contributed by atoms with Crippen molar-refractivity contribution in [2.45, 2.75) is 39.4 Å². The summed E-state index contributed by atoms with van der Waals surface area (Å²) in [5, 5.41) is 8.24. The van der Waals surface area contributed by atoms with Crippen LogP contribution < -0.4 is 4.90 Å². The first kappa shape index (κ1) is 23.1. The zero-order chi connectivity index (χ0) is 22.8. The lowest BCUT2D eigenvalue weighted by Crippen LogP contribution is -2.67. The summed E-state index contributed by atoms with van der Waals surface area (Å²) in [7, 11) is 0. The van der Waals surface area contributed by atoms with Crippen LogP contribution in [0.1, 0.15) is 28.4 Å². The molecule has 0 saturated carbocycles. The maximum Gasteiger partial charge on any atom is 0.490 e. The lowest BCUT2D eigenvalue weighted by molar-refractivity contribution is -0.192. The van der Waals surface area contributed by atoms with Crippen LogP contribution in [-0.4, -0.2) is 62.6 Å². The highest BCUT2D eigenvalue weighted by molar-refractivity contribution is 7.11. The molecule has 1 N–H and O–H groups in total. The zero-order valence-electron chi connectivity index (χ0n) is 17.0. The van der Waals surface area contributed by atoms with Crippen molar-refractivity contribution in [3.63, 3.8) is 0 Å². The summed E-state index contributed by atoms with van der Waals surface area (Å²) in [6.07, 6.45) is 0.309. The molecule has 8 nitrogen and oxygen atoms in total. The van der Waals surface area contributed by atoms with Crippen molar-refractivity contribution >= 4 is 29.2 Å². The summed E-state index contributed by atoms with van der Waals surface area (Å²) < 4.78 is 31.7. The van der Waals surface area contributed by atoms with E-state index in [4.69, 9.17) is 9.90 Å². The molecule has 4 rings (SSSR count). The molecule has 168 valence electrons. The molecule has 1 amide bonds. The molecule has 1 atom stereocenters. The van der Waals surface area contributed by atoms with E-state index in [-0.39, 0.29) is 11.3 Å². The molecule has 0 radical (unpaired) electrons. The molecular formula is C19H22F3N5O3S. The van der Waals surface area contributed by atoms with E-state index in [9.17, 15) is 18.0 Å². The molecular weight excluding hydrogens is 435 g/mol. The van der Waals surface area contributed by atoms with Gasteiger partial charge in [0.1, 0.15) is 0 Å². The average Bonchev–Trinajstić information content (AvgIpc) is 3.03. The lowest BCUT2D eigenvalue weighted by atomic mass is 9.72. The van der Waals surface area contributed by atoms with E-state index in [2.05, 4.69) is 26.8 Å². The number of carbonyl (C=O) groups is 2. The Morgan fingerprint density at radius 2 is 1.90 bits per heavy atom. The fourth-order valence-corrected chi connectivity index (χ4v) is 4.80. The number of piperidine rings is 1. The van der Waals surface area contributed by atoms with E-state index in [1.807, 2.05) is 6.92 Å². The number of thiazole rings is 1. The van der Waals surface area contributed by atoms with Crippen molar-refractivity contribution in [3.8, 4) is 0 Å². The van der Waals surface area contributed by atoms with Crippen molar-refractivity contribution in [3.05, 3.63) is 34.0 Å². The molecule has 2 fully saturated rings. The molecule has 2 aliphatic rings. The fourth-order valence-electron chi connectivity index (χ4n) is 3.82. The van der Waals surface area contributed by atoms with Crippen molar-refractivity contribution in [2.24, 2.45) is 5.41 Å². The first-order valence-electron chi connectivity index (χ1n) is 9.56. The summed E-state index contributed by atoms with van der Waals surface area (Å²) in [6, 6.07) is 1.77. The van der Waals surface area contributed by atoms with Gasteiger partial charge in [0.15, 0.2) is 0 Å². The van der Waals surface area contributed by atoms with Gasteiger partial charge >= 0.3 is 12.1 Å². The van der Waals surface area contributed by atoms with Crippen molar-refractivity contribution in [2.75, 3.05) is 24.5 Å². The second kappa shape index (κ2) is 8.87. The van der Waals surface area contributed by atoms with Gasteiger partial charge in [-0.05, 0) is 39.3 Å². The van der Waals surface area contributed by atoms with E-state index >= 15 is 0 Å². The predicted molar refractivity (Wildman–Crippen MR) is 107 cm³/mol. The molecule has 2 aromatic heterocycles. The van der Waals surface area contributed by atoms with Crippen LogP contribution in [0.3, 0.4) is 0 Å². The fraction of sp³-hybridized carbons (Fsp3) is 0.526. The minimum atomic E-state index is -5.08. The number of anilines is 1. The van der Waals surface area contributed by atoms with Crippen molar-refractivity contribution < 1.29 is 27.9 Å². The number of likely N-dealkylation sites (tertiary alicyclic amines) is 1. The topological polar surface area (TPSA) is 99.5 Å². The van der Waals surface area contributed by atoms with Crippen LogP contribution in [0.2, 0.25) is 0 Å². The number of carboxylic acid groups (broad SMARTS) is 1. The third-order valence-electron chi connectivity index (χ3n) is 5.22. The maximum absolute atomic E-state index is 12.8. The van der Waals surface area contributed by atoms with Gasteiger partial charge in [0.25, 0.3) is 0 Å². The monoisotopic (exact) mass is 457 g/mol. The number of aryl methyl sites for hydroxylation is 2. The highest BCUT2D eigenvalue weighted by Crippen LogP contribution is 2.42. The van der Waals surface area contributed by atoms with E-state index in [0.29, 0.717) is 5.95 Å². The number of carboxylic acids is 1. The number of amides is 1. The summed E-state index contributed by atoms with van der Waals surface area (Å²) in [4.78, 5) is 40.1. The number of alkyl halides is 3. The molecule has 0 aromatic carbocycles. The van der Waals surface area contributed by atoms with E-state index in [1.54, 1.807) is 34.7 Å². The van der Waals surface area contributed by atoms with Gasteiger partial charge in [0.2, 0.25) is 11.9 Å². The molecule has 0 aliphatic carbocycles. The summed E-state index contributed by atoms with van der Waals surface area (Å²) in [6.45, 7) is 7.62. The Bertz CT molecular complexity index is 953. The molecule has 2 saturated heterocycles. The Morgan fingerprint density at radius 3 is 2.42 bits per heavy atom. The van der Waals surface area contributed by atoms with Gasteiger partial charge in [0.05, 0.1) is 16.1 Å². The van der Waals surface area contributed by atoms with Crippen LogP contribution in [0.15, 0.2) is 18.5 Å². The maximum atomic E-state index is 12.8. The van der Waals surface area contributed by atoms with Gasteiger partial charge in [-0.15, -0.1) is 11.3 Å². The first-order chi connectivity index (χ1) is 14.5. The second-order valence-electron chi connectivity index (χ2n) is 7.58. The number of aliphatic carboxylic acids is 1. The van der Waals surface area contributed by atoms with Crippen molar-refractivity contribution in [1.29, 1.82) is 0 Å². The summed E-state index contributed by atoms with van der Waals surface area (Å²) in [5.74, 6) is -2.05. The number of aromatic nitrogens is 3. The van der Waals surface area contributed by atoms with Gasteiger partial charge in [0, 0.05) is 36.9 Å². The number of β-lactam (4-membered cyclic amide) rings is 1. The van der Waals surface area contributed by atoms with Gasteiger partial charge in [-0.3, -0.25) is 14.6 Å². The summed E-state index contributed by atoms with van der Waals surface area (Å²) >= 11 is 1.76. The number of hydrogen-bond donors (Lipinski definition) is 1. The quantitative estimate of drug-likeness (QED) is 0.708. The molecule has 0 bridgehead atoms. The van der Waals surface area contributed by atoms with Crippen LogP contribution in [0.5, 0.6) is 0 Å².